The van der Waals surface area contributed by atoms with Crippen LogP contribution < -0.4 is 10.0 Å². The van der Waals surface area contributed by atoms with Crippen molar-refractivity contribution < 1.29 is 13.2 Å². The number of carbonyl (C=O) groups excluding carboxylic acids is 1. The van der Waals surface area contributed by atoms with Crippen molar-refractivity contribution in [2.75, 3.05) is 6.26 Å². The Morgan fingerprint density at radius 1 is 1.14 bits per heavy atom. The Morgan fingerprint density at radius 2 is 1.86 bits per heavy atom. The molecule has 22 heavy (non-hydrogen) atoms. The first kappa shape index (κ1) is 16.1. The molecule has 2 heterocycles. The number of pyridine rings is 2. The maximum Gasteiger partial charge on any atom is 0.251 e. The summed E-state index contributed by atoms with van der Waals surface area (Å²) >= 11 is 0. The standard InChI is InChI=1S/C14H16N4O3S/c1-22(20,21)18-10-13-8-12(4-7-16-13)14(19)17-9-11-2-5-15-6-3-11/h2-8,18H,9-10H2,1H3,(H,17,19). The Kier molecular flexibility index (Phi) is 5.18. The van der Waals surface area contributed by atoms with E-state index in [1.807, 2.05) is 12.1 Å². The molecule has 116 valence electrons. The van der Waals surface area contributed by atoms with Gasteiger partial charge in [-0.05, 0) is 29.8 Å². The van der Waals surface area contributed by atoms with Crippen molar-refractivity contribution in [2.45, 2.75) is 13.1 Å². The fourth-order valence-corrected chi connectivity index (χ4v) is 2.12. The molecule has 0 saturated carbocycles. The third-order valence-electron chi connectivity index (χ3n) is 2.80. The second kappa shape index (κ2) is 7.10. The van der Waals surface area contributed by atoms with Crippen molar-refractivity contribution >= 4 is 15.9 Å². The fourth-order valence-electron chi connectivity index (χ4n) is 1.71. The summed E-state index contributed by atoms with van der Waals surface area (Å²) in [6.45, 7) is 0.435. The minimum Gasteiger partial charge on any atom is -0.348 e. The van der Waals surface area contributed by atoms with Gasteiger partial charge in [0.2, 0.25) is 10.0 Å². The van der Waals surface area contributed by atoms with E-state index in [1.54, 1.807) is 24.5 Å². The molecule has 0 fully saturated rings. The summed E-state index contributed by atoms with van der Waals surface area (Å²) < 4.78 is 24.5. The largest absolute Gasteiger partial charge is 0.348 e. The molecule has 0 bridgehead atoms. The van der Waals surface area contributed by atoms with Crippen molar-refractivity contribution in [1.29, 1.82) is 0 Å². The van der Waals surface area contributed by atoms with Crippen LogP contribution in [0.1, 0.15) is 21.6 Å². The second-order valence-corrected chi connectivity index (χ2v) is 6.50. The molecular weight excluding hydrogens is 304 g/mol. The number of amides is 1. The van der Waals surface area contributed by atoms with Crippen LogP contribution in [0, 0.1) is 0 Å². The maximum absolute atomic E-state index is 12.1. The Hall–Kier alpha value is -2.32. The number of rotatable bonds is 6. The minimum atomic E-state index is -3.30. The SMILES string of the molecule is CS(=O)(=O)NCc1cc(C(=O)NCc2ccncc2)ccn1. The maximum atomic E-state index is 12.1. The van der Waals surface area contributed by atoms with Crippen molar-refractivity contribution in [3.05, 3.63) is 59.7 Å². The lowest BCUT2D eigenvalue weighted by atomic mass is 10.2. The molecule has 2 aromatic heterocycles. The van der Waals surface area contributed by atoms with Crippen molar-refractivity contribution in [1.82, 2.24) is 20.0 Å². The minimum absolute atomic E-state index is 0.0459. The van der Waals surface area contributed by atoms with Gasteiger partial charge >= 0.3 is 0 Å². The smallest absolute Gasteiger partial charge is 0.251 e. The molecular formula is C14H16N4O3S. The third-order valence-corrected chi connectivity index (χ3v) is 3.47. The van der Waals surface area contributed by atoms with E-state index in [0.717, 1.165) is 11.8 Å². The van der Waals surface area contributed by atoms with E-state index in [4.69, 9.17) is 0 Å². The van der Waals surface area contributed by atoms with E-state index in [2.05, 4.69) is 20.0 Å². The van der Waals surface area contributed by atoms with E-state index in [9.17, 15) is 13.2 Å². The van der Waals surface area contributed by atoms with Gasteiger partial charge in [0.15, 0.2) is 0 Å². The van der Waals surface area contributed by atoms with Gasteiger partial charge in [-0.15, -0.1) is 0 Å². The summed E-state index contributed by atoms with van der Waals surface area (Å²) in [6.07, 6.45) is 5.85. The van der Waals surface area contributed by atoms with Crippen LogP contribution in [0.5, 0.6) is 0 Å². The molecule has 0 aliphatic heterocycles. The Labute approximate surface area is 128 Å². The van der Waals surface area contributed by atoms with Crippen LogP contribution in [-0.2, 0) is 23.1 Å². The highest BCUT2D eigenvalue weighted by Crippen LogP contribution is 2.03. The topological polar surface area (TPSA) is 101 Å². The quantitative estimate of drug-likeness (QED) is 0.805. The highest BCUT2D eigenvalue weighted by molar-refractivity contribution is 7.88. The van der Waals surface area contributed by atoms with E-state index in [0.29, 0.717) is 17.8 Å². The molecule has 0 unspecified atom stereocenters. The van der Waals surface area contributed by atoms with E-state index >= 15 is 0 Å². The predicted octanol–water partition coefficient (Wildman–Crippen LogP) is 0.456. The fraction of sp³-hybridized carbons (Fsp3) is 0.214. The zero-order chi connectivity index (χ0) is 16.0. The molecule has 7 nitrogen and oxygen atoms in total. The number of sulfonamides is 1. The average Bonchev–Trinajstić information content (AvgIpc) is 2.51. The molecule has 2 rings (SSSR count). The molecule has 8 heteroatoms. The molecule has 0 radical (unpaired) electrons. The van der Waals surface area contributed by atoms with Gasteiger partial charge in [-0.2, -0.15) is 0 Å². The van der Waals surface area contributed by atoms with Crippen molar-refractivity contribution in [3.63, 3.8) is 0 Å². The number of nitrogens with zero attached hydrogens (tertiary/aromatic N) is 2. The zero-order valence-corrected chi connectivity index (χ0v) is 12.8. The van der Waals surface area contributed by atoms with Gasteiger partial charge < -0.3 is 5.32 Å². The van der Waals surface area contributed by atoms with Crippen LogP contribution in [0.2, 0.25) is 0 Å². The first-order chi connectivity index (χ1) is 10.4. The molecule has 0 spiro atoms. The Balaban J connectivity index is 1.98. The number of nitrogens with one attached hydrogen (secondary N) is 2. The van der Waals surface area contributed by atoms with Crippen LogP contribution in [0.3, 0.4) is 0 Å². The predicted molar refractivity (Wildman–Crippen MR) is 81.3 cm³/mol. The first-order valence-corrected chi connectivity index (χ1v) is 8.40. The monoisotopic (exact) mass is 320 g/mol. The molecule has 0 atom stereocenters. The van der Waals surface area contributed by atoms with Crippen molar-refractivity contribution in [2.24, 2.45) is 0 Å². The summed E-state index contributed by atoms with van der Waals surface area (Å²) in [5, 5.41) is 2.78. The van der Waals surface area contributed by atoms with Crippen LogP contribution in [0.25, 0.3) is 0 Å². The average molecular weight is 320 g/mol. The highest BCUT2D eigenvalue weighted by Gasteiger charge is 2.08. The second-order valence-electron chi connectivity index (χ2n) is 4.67. The zero-order valence-electron chi connectivity index (χ0n) is 12.0. The molecule has 2 N–H and O–H groups in total. The normalized spacial score (nSPS) is 11.1. The molecule has 0 aliphatic carbocycles. The van der Waals surface area contributed by atoms with Crippen LogP contribution in [0.15, 0.2) is 42.9 Å². The highest BCUT2D eigenvalue weighted by atomic mass is 32.2. The van der Waals surface area contributed by atoms with Gasteiger partial charge in [0.05, 0.1) is 18.5 Å². The van der Waals surface area contributed by atoms with E-state index < -0.39 is 10.0 Å². The lowest BCUT2D eigenvalue weighted by Crippen LogP contribution is -2.24. The number of aromatic nitrogens is 2. The molecule has 0 aliphatic rings. The lowest BCUT2D eigenvalue weighted by Gasteiger charge is -2.07. The lowest BCUT2D eigenvalue weighted by molar-refractivity contribution is 0.0950. The summed E-state index contributed by atoms with van der Waals surface area (Å²) in [6, 6.07) is 6.76. The van der Waals surface area contributed by atoms with Gasteiger partial charge in [0.25, 0.3) is 5.91 Å². The van der Waals surface area contributed by atoms with Crippen LogP contribution >= 0.6 is 0 Å². The number of carbonyl (C=O) groups is 1. The molecule has 2 aromatic rings. The first-order valence-electron chi connectivity index (χ1n) is 6.51. The summed E-state index contributed by atoms with van der Waals surface area (Å²) in [7, 11) is -3.30. The molecule has 1 amide bonds. The summed E-state index contributed by atoms with van der Waals surface area (Å²) in [5.41, 5.74) is 1.84. The number of hydrogen-bond donors (Lipinski definition) is 2. The van der Waals surface area contributed by atoms with Gasteiger partial charge in [-0.25, -0.2) is 13.1 Å². The van der Waals surface area contributed by atoms with Gasteiger partial charge in [0.1, 0.15) is 0 Å². The Morgan fingerprint density at radius 3 is 2.55 bits per heavy atom. The third kappa shape index (κ3) is 5.23. The van der Waals surface area contributed by atoms with Gasteiger partial charge in [0, 0.05) is 30.7 Å². The van der Waals surface area contributed by atoms with E-state index in [-0.39, 0.29) is 12.5 Å². The van der Waals surface area contributed by atoms with Crippen LogP contribution in [0.4, 0.5) is 0 Å². The van der Waals surface area contributed by atoms with E-state index in [1.165, 1.54) is 6.20 Å². The van der Waals surface area contributed by atoms with Crippen LogP contribution in [-0.4, -0.2) is 30.5 Å². The number of hydrogen-bond acceptors (Lipinski definition) is 5. The molecule has 0 aromatic carbocycles. The Bertz CT molecular complexity index is 748. The van der Waals surface area contributed by atoms with Gasteiger partial charge in [-0.1, -0.05) is 0 Å². The van der Waals surface area contributed by atoms with Gasteiger partial charge in [-0.3, -0.25) is 14.8 Å². The molecule has 0 saturated heterocycles. The summed E-state index contributed by atoms with van der Waals surface area (Å²) in [4.78, 5) is 20.0. The summed E-state index contributed by atoms with van der Waals surface area (Å²) in [5.74, 6) is -0.250. The van der Waals surface area contributed by atoms with Crippen molar-refractivity contribution in [3.8, 4) is 0 Å².